The van der Waals surface area contributed by atoms with Crippen molar-refractivity contribution in [3.63, 3.8) is 0 Å². The molecule has 1 fully saturated rings. The van der Waals surface area contributed by atoms with Gasteiger partial charge in [-0.3, -0.25) is 9.59 Å². The van der Waals surface area contributed by atoms with E-state index >= 15 is 0 Å². The highest BCUT2D eigenvalue weighted by Gasteiger charge is 2.24. The van der Waals surface area contributed by atoms with Gasteiger partial charge in [0.05, 0.1) is 5.69 Å². The summed E-state index contributed by atoms with van der Waals surface area (Å²) in [6, 6.07) is 11.1. The highest BCUT2D eigenvalue weighted by molar-refractivity contribution is 5.92. The summed E-state index contributed by atoms with van der Waals surface area (Å²) in [6.07, 6.45) is 3.97. The Bertz CT molecular complexity index is 829. The maximum Gasteiger partial charge on any atom is 0.248 e. The molecule has 0 spiro atoms. The van der Waals surface area contributed by atoms with Gasteiger partial charge in [-0.05, 0) is 67.3 Å². The molecule has 1 aliphatic carbocycles. The molecule has 0 radical (unpaired) electrons. The Morgan fingerprint density at radius 1 is 1.00 bits per heavy atom. The Morgan fingerprint density at radius 2 is 1.67 bits per heavy atom. The molecule has 142 valence electrons. The number of hydrogen-bond donors (Lipinski definition) is 2. The molecule has 0 bridgehead atoms. The molecule has 3 rings (SSSR count). The zero-order chi connectivity index (χ0) is 19.4. The van der Waals surface area contributed by atoms with E-state index in [1.165, 1.54) is 17.7 Å². The van der Waals surface area contributed by atoms with Gasteiger partial charge in [0.1, 0.15) is 0 Å². The molecule has 1 saturated carbocycles. The molecule has 2 aromatic carbocycles. The fraction of sp³-hybridized carbons (Fsp3) is 0.333. The Balaban J connectivity index is 1.51. The van der Waals surface area contributed by atoms with E-state index in [2.05, 4.69) is 5.32 Å². The number of primary amides is 1. The predicted octanol–water partition coefficient (Wildman–Crippen LogP) is 4.37. The van der Waals surface area contributed by atoms with E-state index < -0.39 is 17.5 Å². The molecule has 27 heavy (non-hydrogen) atoms. The fourth-order valence-electron chi connectivity index (χ4n) is 3.68. The van der Waals surface area contributed by atoms with E-state index in [9.17, 15) is 18.4 Å². The van der Waals surface area contributed by atoms with Crippen LogP contribution >= 0.6 is 0 Å². The average Bonchev–Trinajstić information content (AvgIpc) is 2.66. The predicted molar refractivity (Wildman–Crippen MR) is 99.3 cm³/mol. The molecule has 2 aromatic rings. The number of benzene rings is 2. The summed E-state index contributed by atoms with van der Waals surface area (Å²) >= 11 is 0. The van der Waals surface area contributed by atoms with Crippen molar-refractivity contribution < 1.29 is 18.4 Å². The molecule has 6 heteroatoms. The summed E-state index contributed by atoms with van der Waals surface area (Å²) in [5.41, 5.74) is 6.80. The molecule has 2 amide bonds. The number of nitrogens with two attached hydrogens (primary N) is 1. The van der Waals surface area contributed by atoms with Crippen molar-refractivity contribution in [3.05, 3.63) is 65.2 Å². The Hall–Kier alpha value is -2.76. The van der Waals surface area contributed by atoms with Crippen molar-refractivity contribution in [2.24, 2.45) is 11.7 Å². The second-order valence-electron chi connectivity index (χ2n) is 7.06. The first kappa shape index (κ1) is 19.0. The molecule has 0 unspecified atom stereocenters. The van der Waals surface area contributed by atoms with Crippen molar-refractivity contribution >= 4 is 17.5 Å². The Labute approximate surface area is 156 Å². The third kappa shape index (κ3) is 4.70. The van der Waals surface area contributed by atoms with Gasteiger partial charge in [-0.2, -0.15) is 0 Å². The molecule has 4 nitrogen and oxygen atoms in total. The van der Waals surface area contributed by atoms with E-state index in [1.54, 1.807) is 12.1 Å². The van der Waals surface area contributed by atoms with Crippen LogP contribution in [-0.4, -0.2) is 11.8 Å². The molecule has 3 N–H and O–H groups in total. The molecular formula is C21H22F2N2O2. The Kier molecular flexibility index (Phi) is 5.84. The number of anilines is 1. The van der Waals surface area contributed by atoms with E-state index in [4.69, 9.17) is 5.73 Å². The molecule has 1 aliphatic rings. The summed E-state index contributed by atoms with van der Waals surface area (Å²) in [5, 5.41) is 2.46. The maximum absolute atomic E-state index is 13.6. The van der Waals surface area contributed by atoms with Gasteiger partial charge in [-0.1, -0.05) is 18.2 Å². The van der Waals surface area contributed by atoms with Crippen molar-refractivity contribution in [3.8, 4) is 0 Å². The number of hydrogen-bond acceptors (Lipinski definition) is 2. The molecular weight excluding hydrogens is 350 g/mol. The average molecular weight is 372 g/mol. The number of amides is 2. The van der Waals surface area contributed by atoms with Crippen LogP contribution in [0, 0.1) is 17.6 Å². The lowest BCUT2D eigenvalue weighted by atomic mass is 9.77. The monoisotopic (exact) mass is 372 g/mol. The van der Waals surface area contributed by atoms with Crippen molar-refractivity contribution in [2.75, 3.05) is 5.32 Å². The van der Waals surface area contributed by atoms with Gasteiger partial charge in [0.2, 0.25) is 11.8 Å². The molecule has 0 saturated heterocycles. The molecule has 0 atom stereocenters. The zero-order valence-corrected chi connectivity index (χ0v) is 14.9. The van der Waals surface area contributed by atoms with Crippen molar-refractivity contribution in [1.82, 2.24) is 0 Å². The van der Waals surface area contributed by atoms with Crippen LogP contribution in [0.1, 0.15) is 53.9 Å². The summed E-state index contributed by atoms with van der Waals surface area (Å²) in [4.78, 5) is 23.3. The van der Waals surface area contributed by atoms with E-state index in [0.29, 0.717) is 17.9 Å². The second kappa shape index (κ2) is 8.29. The van der Waals surface area contributed by atoms with Gasteiger partial charge in [0.15, 0.2) is 11.6 Å². The largest absolute Gasteiger partial charge is 0.366 e. The van der Waals surface area contributed by atoms with Gasteiger partial charge < -0.3 is 11.1 Å². The van der Waals surface area contributed by atoms with Crippen LogP contribution in [0.4, 0.5) is 14.5 Å². The summed E-state index contributed by atoms with van der Waals surface area (Å²) in [5.74, 6) is -2.13. The standard InChI is InChI=1S/C21H22F2N2O2/c22-17-2-1-3-18(20(17)23)25-19(26)12-13-4-6-14(7-5-13)15-8-10-16(11-9-15)21(24)27/h1-3,8-11,13-14H,4-7,12H2,(H2,24,27)(H,25,26). The first-order valence-electron chi connectivity index (χ1n) is 9.07. The van der Waals surface area contributed by atoms with Crippen LogP contribution in [0.5, 0.6) is 0 Å². The van der Waals surface area contributed by atoms with E-state index in [1.807, 2.05) is 12.1 Å². The van der Waals surface area contributed by atoms with Crippen LogP contribution in [0.2, 0.25) is 0 Å². The second-order valence-corrected chi connectivity index (χ2v) is 7.06. The van der Waals surface area contributed by atoms with Crippen LogP contribution in [0.3, 0.4) is 0 Å². The summed E-state index contributed by atoms with van der Waals surface area (Å²) in [6.45, 7) is 0. The number of halogens is 2. The van der Waals surface area contributed by atoms with Crippen LogP contribution < -0.4 is 11.1 Å². The summed E-state index contributed by atoms with van der Waals surface area (Å²) < 4.78 is 26.8. The third-order valence-corrected chi connectivity index (χ3v) is 5.21. The molecule has 0 heterocycles. The zero-order valence-electron chi connectivity index (χ0n) is 14.9. The first-order valence-corrected chi connectivity index (χ1v) is 9.07. The summed E-state index contributed by atoms with van der Waals surface area (Å²) in [7, 11) is 0. The highest BCUT2D eigenvalue weighted by Crippen LogP contribution is 2.37. The lowest BCUT2D eigenvalue weighted by molar-refractivity contribution is -0.117. The smallest absolute Gasteiger partial charge is 0.248 e. The minimum atomic E-state index is -1.03. The van der Waals surface area contributed by atoms with Gasteiger partial charge in [0, 0.05) is 12.0 Å². The molecule has 0 aromatic heterocycles. The maximum atomic E-state index is 13.6. The van der Waals surface area contributed by atoms with E-state index in [0.717, 1.165) is 31.7 Å². The van der Waals surface area contributed by atoms with E-state index in [-0.39, 0.29) is 17.5 Å². The minimum Gasteiger partial charge on any atom is -0.366 e. The number of carbonyl (C=O) groups is 2. The van der Waals surface area contributed by atoms with Gasteiger partial charge in [0.25, 0.3) is 0 Å². The number of nitrogens with one attached hydrogen (secondary N) is 1. The lowest BCUT2D eigenvalue weighted by Crippen LogP contribution is -2.21. The normalized spacial score (nSPS) is 19.5. The molecule has 0 aliphatic heterocycles. The lowest BCUT2D eigenvalue weighted by Gasteiger charge is -2.28. The van der Waals surface area contributed by atoms with Gasteiger partial charge >= 0.3 is 0 Å². The van der Waals surface area contributed by atoms with Crippen molar-refractivity contribution in [1.29, 1.82) is 0 Å². The third-order valence-electron chi connectivity index (χ3n) is 5.21. The topological polar surface area (TPSA) is 72.2 Å². The number of rotatable bonds is 5. The van der Waals surface area contributed by atoms with Crippen LogP contribution in [0.25, 0.3) is 0 Å². The minimum absolute atomic E-state index is 0.122. The first-order chi connectivity index (χ1) is 12.9. The Morgan fingerprint density at radius 3 is 2.30 bits per heavy atom. The number of carbonyl (C=O) groups excluding carboxylic acids is 2. The van der Waals surface area contributed by atoms with Gasteiger partial charge in [-0.25, -0.2) is 8.78 Å². The van der Waals surface area contributed by atoms with Crippen LogP contribution in [-0.2, 0) is 4.79 Å². The fourth-order valence-corrected chi connectivity index (χ4v) is 3.68. The van der Waals surface area contributed by atoms with Crippen LogP contribution in [0.15, 0.2) is 42.5 Å². The van der Waals surface area contributed by atoms with Gasteiger partial charge in [-0.15, -0.1) is 0 Å². The van der Waals surface area contributed by atoms with Crippen molar-refractivity contribution in [2.45, 2.75) is 38.0 Å². The quantitative estimate of drug-likeness (QED) is 0.818. The highest BCUT2D eigenvalue weighted by atomic mass is 19.2. The SMILES string of the molecule is NC(=O)c1ccc(C2CCC(CC(=O)Nc3cccc(F)c3F)CC2)cc1.